The van der Waals surface area contributed by atoms with Crippen LogP contribution in [0.25, 0.3) is 0 Å². The zero-order chi connectivity index (χ0) is 15.1. The second kappa shape index (κ2) is 7.85. The molecular formula is C11H19F3N2O3. The molecule has 5 nitrogen and oxygen atoms in total. The van der Waals surface area contributed by atoms with Crippen molar-refractivity contribution in [2.75, 3.05) is 19.6 Å². The van der Waals surface area contributed by atoms with E-state index in [4.69, 9.17) is 5.11 Å². The number of urea groups is 1. The van der Waals surface area contributed by atoms with E-state index in [1.807, 2.05) is 0 Å². The van der Waals surface area contributed by atoms with E-state index in [1.54, 1.807) is 6.92 Å². The van der Waals surface area contributed by atoms with Gasteiger partial charge in [0.1, 0.15) is 6.54 Å². The molecule has 0 aromatic rings. The molecule has 0 spiro atoms. The maximum Gasteiger partial charge on any atom is 0.406 e. The number of aliphatic carboxylic acids is 1. The molecule has 0 bridgehead atoms. The first-order valence-electron chi connectivity index (χ1n) is 6.03. The largest absolute Gasteiger partial charge is 0.481 e. The second-order valence-electron chi connectivity index (χ2n) is 4.14. The van der Waals surface area contributed by atoms with Crippen LogP contribution in [0.1, 0.15) is 26.7 Å². The minimum absolute atomic E-state index is 0.100. The van der Waals surface area contributed by atoms with Crippen molar-refractivity contribution in [2.24, 2.45) is 5.92 Å². The van der Waals surface area contributed by atoms with Crippen molar-refractivity contribution in [1.29, 1.82) is 0 Å². The summed E-state index contributed by atoms with van der Waals surface area (Å²) < 4.78 is 36.6. The molecule has 0 aliphatic rings. The predicted octanol–water partition coefficient (Wildman–Crippen LogP) is 2.08. The van der Waals surface area contributed by atoms with Gasteiger partial charge in [-0.15, -0.1) is 0 Å². The number of nitrogens with one attached hydrogen (secondary N) is 1. The highest BCUT2D eigenvalue weighted by Crippen LogP contribution is 2.16. The van der Waals surface area contributed by atoms with Crippen LogP contribution in [0, 0.1) is 5.92 Å². The molecule has 0 saturated heterocycles. The molecule has 0 aromatic carbocycles. The van der Waals surface area contributed by atoms with Crippen molar-refractivity contribution < 1.29 is 27.9 Å². The molecule has 2 amide bonds. The summed E-state index contributed by atoms with van der Waals surface area (Å²) in [6, 6.07) is -0.901. The van der Waals surface area contributed by atoms with Gasteiger partial charge in [0.25, 0.3) is 0 Å². The maximum absolute atomic E-state index is 12.2. The molecule has 19 heavy (non-hydrogen) atoms. The van der Waals surface area contributed by atoms with Gasteiger partial charge in [-0.3, -0.25) is 4.79 Å². The fraction of sp³-hybridized carbons (Fsp3) is 0.818. The number of halogens is 3. The van der Waals surface area contributed by atoms with E-state index in [9.17, 15) is 22.8 Å². The number of hydrogen-bond donors (Lipinski definition) is 2. The molecule has 0 radical (unpaired) electrons. The molecule has 0 aliphatic heterocycles. The Bertz CT molecular complexity index is 308. The van der Waals surface area contributed by atoms with E-state index < -0.39 is 30.6 Å². The quantitative estimate of drug-likeness (QED) is 0.752. The number of carbonyl (C=O) groups excluding carboxylic acids is 1. The lowest BCUT2D eigenvalue weighted by Gasteiger charge is -2.23. The molecule has 112 valence electrons. The minimum Gasteiger partial charge on any atom is -0.481 e. The fourth-order valence-corrected chi connectivity index (χ4v) is 1.53. The molecule has 0 aliphatic carbocycles. The Morgan fingerprint density at radius 3 is 2.26 bits per heavy atom. The van der Waals surface area contributed by atoms with Gasteiger partial charge in [-0.1, -0.05) is 13.3 Å². The lowest BCUT2D eigenvalue weighted by molar-refractivity contribution is -0.142. The number of nitrogens with zero attached hydrogens (tertiary/aromatic N) is 1. The molecule has 1 atom stereocenters. The van der Waals surface area contributed by atoms with Gasteiger partial charge in [-0.25, -0.2) is 4.79 Å². The van der Waals surface area contributed by atoms with Crippen LogP contribution in [0.4, 0.5) is 18.0 Å². The van der Waals surface area contributed by atoms with Gasteiger partial charge in [-0.05, 0) is 13.3 Å². The summed E-state index contributed by atoms with van der Waals surface area (Å²) in [6.45, 7) is 1.60. The number of carboxylic acids is 1. The Hall–Kier alpha value is -1.47. The number of rotatable bonds is 7. The Balaban J connectivity index is 4.37. The van der Waals surface area contributed by atoms with Crippen LogP contribution in [0.3, 0.4) is 0 Å². The van der Waals surface area contributed by atoms with Gasteiger partial charge >= 0.3 is 18.2 Å². The maximum atomic E-state index is 12.2. The van der Waals surface area contributed by atoms with Gasteiger partial charge in [0.05, 0.1) is 5.92 Å². The van der Waals surface area contributed by atoms with Crippen molar-refractivity contribution in [1.82, 2.24) is 10.2 Å². The third-order valence-electron chi connectivity index (χ3n) is 2.53. The monoisotopic (exact) mass is 284 g/mol. The highest BCUT2D eigenvalue weighted by molar-refractivity contribution is 5.76. The number of carboxylic acid groups (broad SMARTS) is 1. The number of alkyl halides is 3. The van der Waals surface area contributed by atoms with Gasteiger partial charge in [0.2, 0.25) is 0 Å². The highest BCUT2D eigenvalue weighted by atomic mass is 19.4. The topological polar surface area (TPSA) is 69.6 Å². The fourth-order valence-electron chi connectivity index (χ4n) is 1.53. The van der Waals surface area contributed by atoms with E-state index in [0.29, 0.717) is 17.7 Å². The Labute approximate surface area is 109 Å². The molecule has 1 unspecified atom stereocenters. The van der Waals surface area contributed by atoms with Crippen molar-refractivity contribution >= 4 is 12.0 Å². The summed E-state index contributed by atoms with van der Waals surface area (Å²) in [7, 11) is 0. The van der Waals surface area contributed by atoms with Crippen molar-refractivity contribution in [3.05, 3.63) is 0 Å². The number of amides is 2. The van der Waals surface area contributed by atoms with E-state index >= 15 is 0 Å². The molecule has 2 N–H and O–H groups in total. The van der Waals surface area contributed by atoms with Crippen molar-refractivity contribution in [3.8, 4) is 0 Å². The standard InChI is InChI=1S/C11H19F3N2O3/c1-3-5-8(9(17)18)6-15-10(19)16(4-2)7-11(12,13)14/h8H,3-7H2,1-2H3,(H,15,19)(H,17,18). The average Bonchev–Trinajstić information content (AvgIpc) is 2.29. The molecule has 0 rings (SSSR count). The van der Waals surface area contributed by atoms with Crippen LogP contribution in [0.5, 0.6) is 0 Å². The minimum atomic E-state index is -4.47. The third kappa shape index (κ3) is 7.53. The summed E-state index contributed by atoms with van der Waals surface area (Å²) in [6.07, 6.45) is -3.49. The summed E-state index contributed by atoms with van der Waals surface area (Å²) >= 11 is 0. The molecule has 0 saturated carbocycles. The lowest BCUT2D eigenvalue weighted by atomic mass is 10.0. The number of hydrogen-bond acceptors (Lipinski definition) is 2. The lowest BCUT2D eigenvalue weighted by Crippen LogP contribution is -2.46. The summed E-state index contributed by atoms with van der Waals surface area (Å²) in [5, 5.41) is 11.1. The molecule has 0 aromatic heterocycles. The Morgan fingerprint density at radius 2 is 1.89 bits per heavy atom. The zero-order valence-corrected chi connectivity index (χ0v) is 11.0. The van der Waals surface area contributed by atoms with E-state index in [0.717, 1.165) is 0 Å². The van der Waals surface area contributed by atoms with Crippen LogP contribution >= 0.6 is 0 Å². The van der Waals surface area contributed by atoms with Crippen molar-refractivity contribution in [2.45, 2.75) is 32.9 Å². The van der Waals surface area contributed by atoms with E-state index in [2.05, 4.69) is 5.32 Å². The number of carbonyl (C=O) groups is 2. The Morgan fingerprint density at radius 1 is 1.32 bits per heavy atom. The van der Waals surface area contributed by atoms with E-state index in [1.165, 1.54) is 6.92 Å². The zero-order valence-electron chi connectivity index (χ0n) is 11.0. The summed E-state index contributed by atoms with van der Waals surface area (Å²) in [4.78, 5) is 22.9. The van der Waals surface area contributed by atoms with Crippen LogP contribution < -0.4 is 5.32 Å². The molecular weight excluding hydrogens is 265 g/mol. The summed E-state index contributed by atoms with van der Waals surface area (Å²) in [5.41, 5.74) is 0. The molecule has 0 heterocycles. The first kappa shape index (κ1) is 17.5. The predicted molar refractivity (Wildman–Crippen MR) is 62.7 cm³/mol. The van der Waals surface area contributed by atoms with Crippen LogP contribution in [-0.2, 0) is 4.79 Å². The Kier molecular flexibility index (Phi) is 7.25. The smallest absolute Gasteiger partial charge is 0.406 e. The first-order valence-corrected chi connectivity index (χ1v) is 6.03. The summed E-state index contributed by atoms with van der Waals surface area (Å²) in [5.74, 6) is -1.85. The van der Waals surface area contributed by atoms with Gasteiger partial charge in [0.15, 0.2) is 0 Å². The van der Waals surface area contributed by atoms with Gasteiger partial charge in [-0.2, -0.15) is 13.2 Å². The van der Waals surface area contributed by atoms with Crippen molar-refractivity contribution in [3.63, 3.8) is 0 Å². The SMILES string of the molecule is CCCC(CNC(=O)N(CC)CC(F)(F)F)C(=O)O. The van der Waals surface area contributed by atoms with Crippen LogP contribution in [-0.4, -0.2) is 47.8 Å². The van der Waals surface area contributed by atoms with Gasteiger partial charge in [0, 0.05) is 13.1 Å². The molecule has 0 fully saturated rings. The first-order chi connectivity index (χ1) is 8.71. The third-order valence-corrected chi connectivity index (χ3v) is 2.53. The van der Waals surface area contributed by atoms with Crippen LogP contribution in [0.2, 0.25) is 0 Å². The second-order valence-corrected chi connectivity index (χ2v) is 4.14. The normalized spacial score (nSPS) is 12.9. The van der Waals surface area contributed by atoms with E-state index in [-0.39, 0.29) is 13.1 Å². The highest BCUT2D eigenvalue weighted by Gasteiger charge is 2.32. The van der Waals surface area contributed by atoms with Gasteiger partial charge < -0.3 is 15.3 Å². The molecule has 8 heteroatoms. The van der Waals surface area contributed by atoms with Crippen LogP contribution in [0.15, 0.2) is 0 Å². The average molecular weight is 284 g/mol.